The summed E-state index contributed by atoms with van der Waals surface area (Å²) in [6.45, 7) is 5.36. The van der Waals surface area contributed by atoms with Crippen molar-refractivity contribution in [1.82, 2.24) is 4.98 Å². The Kier molecular flexibility index (Phi) is 5.32. The Morgan fingerprint density at radius 1 is 1.50 bits per heavy atom. The van der Waals surface area contributed by atoms with Gasteiger partial charge in [-0.05, 0) is 35.7 Å². The molecule has 0 aliphatic carbocycles. The lowest BCUT2D eigenvalue weighted by Crippen LogP contribution is -2.53. The fourth-order valence-corrected chi connectivity index (χ4v) is 2.39. The number of esters is 1. The molecule has 1 aliphatic rings. The molecule has 24 heavy (non-hydrogen) atoms. The molecule has 1 aromatic heterocycles. The molecule has 1 aromatic rings. The second kappa shape index (κ2) is 7.24. The van der Waals surface area contributed by atoms with E-state index in [9.17, 15) is 19.7 Å². The summed E-state index contributed by atoms with van der Waals surface area (Å²) in [6.07, 6.45) is 0.106. The van der Waals surface area contributed by atoms with Gasteiger partial charge in [0.1, 0.15) is 6.04 Å². The average molecular weight is 337 g/mol. The van der Waals surface area contributed by atoms with E-state index in [2.05, 4.69) is 4.98 Å². The third-order valence-corrected chi connectivity index (χ3v) is 3.55. The van der Waals surface area contributed by atoms with Crippen LogP contribution in [0, 0.1) is 10.1 Å². The van der Waals surface area contributed by atoms with Gasteiger partial charge in [0, 0.05) is 6.07 Å². The summed E-state index contributed by atoms with van der Waals surface area (Å²) in [6, 6.07) is 1.65. The molecule has 1 aliphatic heterocycles. The molecular weight excluding hydrogens is 318 g/mol. The summed E-state index contributed by atoms with van der Waals surface area (Å²) in [5, 5.41) is 11.0. The van der Waals surface area contributed by atoms with Crippen LogP contribution < -0.4 is 9.64 Å². The van der Waals surface area contributed by atoms with Crippen molar-refractivity contribution in [3.63, 3.8) is 0 Å². The minimum Gasteiger partial charge on any atom is -0.475 e. The van der Waals surface area contributed by atoms with E-state index >= 15 is 0 Å². The van der Waals surface area contributed by atoms with Crippen LogP contribution in [0.2, 0.25) is 0 Å². The number of ether oxygens (including phenoxy) is 2. The highest BCUT2D eigenvalue weighted by molar-refractivity contribution is 6.03. The number of anilines is 1. The Morgan fingerprint density at radius 2 is 2.21 bits per heavy atom. The molecule has 2 atom stereocenters. The van der Waals surface area contributed by atoms with Crippen LogP contribution in [0.5, 0.6) is 5.75 Å². The maximum atomic E-state index is 12.5. The number of nitrogens with zero attached hydrogens (tertiary/aromatic N) is 3. The lowest BCUT2D eigenvalue weighted by molar-refractivity contribution is -0.389. The minimum atomic E-state index is -0.913. The van der Waals surface area contributed by atoms with Crippen LogP contribution in [0.1, 0.15) is 33.6 Å². The Bertz CT molecular complexity index is 663. The van der Waals surface area contributed by atoms with Gasteiger partial charge in [-0.25, -0.2) is 4.79 Å². The third-order valence-electron chi connectivity index (χ3n) is 3.55. The molecule has 130 valence electrons. The number of pyridine rings is 1. The molecule has 9 nitrogen and oxygen atoms in total. The zero-order valence-corrected chi connectivity index (χ0v) is 13.7. The van der Waals surface area contributed by atoms with Gasteiger partial charge in [-0.2, -0.15) is 0 Å². The van der Waals surface area contributed by atoms with Gasteiger partial charge in [0.25, 0.3) is 11.7 Å². The number of rotatable bonds is 6. The van der Waals surface area contributed by atoms with Gasteiger partial charge < -0.3 is 19.6 Å². The van der Waals surface area contributed by atoms with Crippen LogP contribution >= 0.6 is 0 Å². The highest BCUT2D eigenvalue weighted by atomic mass is 16.6. The van der Waals surface area contributed by atoms with Crippen molar-refractivity contribution in [2.24, 2.45) is 0 Å². The van der Waals surface area contributed by atoms with Crippen LogP contribution in [0.4, 0.5) is 11.6 Å². The van der Waals surface area contributed by atoms with Crippen LogP contribution in [0.15, 0.2) is 12.1 Å². The standard InChI is InChI=1S/C15H19N3O6/c1-4-8-23-15(20)10(5-2)17-13-11(24-9(3)14(17)19)6-7-12(16-13)18(21)22/h6-7,9-10H,4-5,8H2,1-3H3. The maximum Gasteiger partial charge on any atom is 0.366 e. The molecule has 2 rings (SSSR count). The highest BCUT2D eigenvalue weighted by Gasteiger charge is 2.43. The number of carbonyl (C=O) groups excluding carboxylic acids is 2. The minimum absolute atomic E-state index is 0.0346. The summed E-state index contributed by atoms with van der Waals surface area (Å²) in [5.74, 6) is -1.31. The van der Waals surface area contributed by atoms with E-state index in [0.29, 0.717) is 6.42 Å². The molecule has 0 bridgehead atoms. The Morgan fingerprint density at radius 3 is 2.79 bits per heavy atom. The number of nitro groups is 1. The molecule has 0 N–H and O–H groups in total. The first-order valence-corrected chi connectivity index (χ1v) is 7.72. The van der Waals surface area contributed by atoms with Crippen molar-refractivity contribution in [2.75, 3.05) is 11.5 Å². The summed E-state index contributed by atoms with van der Waals surface area (Å²) < 4.78 is 10.6. The Hall–Kier alpha value is -2.71. The smallest absolute Gasteiger partial charge is 0.366 e. The summed E-state index contributed by atoms with van der Waals surface area (Å²) in [5.41, 5.74) is 0. The first-order valence-electron chi connectivity index (χ1n) is 7.72. The number of aromatic nitrogens is 1. The highest BCUT2D eigenvalue weighted by Crippen LogP contribution is 2.36. The Labute approximate surface area is 138 Å². The zero-order valence-electron chi connectivity index (χ0n) is 13.7. The molecule has 2 unspecified atom stereocenters. The molecule has 0 radical (unpaired) electrons. The lowest BCUT2D eigenvalue weighted by atomic mass is 10.1. The summed E-state index contributed by atoms with van der Waals surface area (Å²) >= 11 is 0. The molecule has 0 saturated heterocycles. The van der Waals surface area contributed by atoms with Crippen molar-refractivity contribution in [1.29, 1.82) is 0 Å². The molecular formula is C15H19N3O6. The number of amides is 1. The van der Waals surface area contributed by atoms with Gasteiger partial charge in [-0.1, -0.05) is 13.8 Å². The van der Waals surface area contributed by atoms with Crippen molar-refractivity contribution < 1.29 is 24.0 Å². The van der Waals surface area contributed by atoms with Crippen LogP contribution in [-0.4, -0.2) is 40.5 Å². The second-order valence-corrected chi connectivity index (χ2v) is 5.31. The van der Waals surface area contributed by atoms with E-state index < -0.39 is 34.8 Å². The monoisotopic (exact) mass is 337 g/mol. The number of hydrogen-bond donors (Lipinski definition) is 0. The van der Waals surface area contributed by atoms with Crippen molar-refractivity contribution in [3.05, 3.63) is 22.2 Å². The van der Waals surface area contributed by atoms with E-state index in [1.165, 1.54) is 12.1 Å². The van der Waals surface area contributed by atoms with Crippen molar-refractivity contribution in [3.8, 4) is 5.75 Å². The molecule has 1 amide bonds. The lowest BCUT2D eigenvalue weighted by Gasteiger charge is -2.33. The number of hydrogen-bond acceptors (Lipinski definition) is 7. The van der Waals surface area contributed by atoms with Crippen molar-refractivity contribution in [2.45, 2.75) is 45.8 Å². The largest absolute Gasteiger partial charge is 0.475 e. The van der Waals surface area contributed by atoms with E-state index in [1.54, 1.807) is 13.8 Å². The van der Waals surface area contributed by atoms with Crippen LogP contribution in [-0.2, 0) is 14.3 Å². The molecule has 0 aromatic carbocycles. The van der Waals surface area contributed by atoms with Crippen LogP contribution in [0.25, 0.3) is 0 Å². The first-order chi connectivity index (χ1) is 11.4. The normalized spacial score (nSPS) is 17.7. The molecule has 0 saturated carbocycles. The third kappa shape index (κ3) is 3.29. The molecule has 0 spiro atoms. The predicted molar refractivity (Wildman–Crippen MR) is 83.8 cm³/mol. The second-order valence-electron chi connectivity index (χ2n) is 5.31. The first kappa shape index (κ1) is 17.6. The fraction of sp³-hybridized carbons (Fsp3) is 0.533. The van der Waals surface area contributed by atoms with E-state index in [0.717, 1.165) is 4.90 Å². The molecule has 2 heterocycles. The SMILES string of the molecule is CCCOC(=O)C(CC)N1C(=O)C(C)Oc2ccc([N+](=O)[O-])nc21. The maximum absolute atomic E-state index is 12.5. The predicted octanol–water partition coefficient (Wildman–Crippen LogP) is 1.84. The molecule has 9 heteroatoms. The quantitative estimate of drug-likeness (QED) is 0.442. The summed E-state index contributed by atoms with van der Waals surface area (Å²) in [7, 11) is 0. The zero-order chi connectivity index (χ0) is 17.9. The van der Waals surface area contributed by atoms with Crippen LogP contribution in [0.3, 0.4) is 0 Å². The van der Waals surface area contributed by atoms with Gasteiger partial charge in [0.15, 0.2) is 11.9 Å². The van der Waals surface area contributed by atoms with Gasteiger partial charge in [-0.3, -0.25) is 9.69 Å². The topological polar surface area (TPSA) is 112 Å². The number of carbonyl (C=O) groups is 2. The fourth-order valence-electron chi connectivity index (χ4n) is 2.39. The van der Waals surface area contributed by atoms with Crippen molar-refractivity contribution >= 4 is 23.5 Å². The number of fused-ring (bicyclic) bond motifs is 1. The van der Waals surface area contributed by atoms with Gasteiger partial charge >= 0.3 is 11.8 Å². The van der Waals surface area contributed by atoms with E-state index in [4.69, 9.17) is 9.47 Å². The molecule has 0 fully saturated rings. The average Bonchev–Trinajstić information content (AvgIpc) is 2.56. The van der Waals surface area contributed by atoms with Gasteiger partial charge in [-0.15, -0.1) is 0 Å². The van der Waals surface area contributed by atoms with Gasteiger partial charge in [0.05, 0.1) is 6.61 Å². The summed E-state index contributed by atoms with van der Waals surface area (Å²) in [4.78, 5) is 40.1. The van der Waals surface area contributed by atoms with E-state index in [-0.39, 0.29) is 24.6 Å². The van der Waals surface area contributed by atoms with E-state index in [1.807, 2.05) is 6.92 Å². The Balaban J connectivity index is 2.47. The van der Waals surface area contributed by atoms with Gasteiger partial charge in [0.2, 0.25) is 0 Å².